The van der Waals surface area contributed by atoms with Gasteiger partial charge < -0.3 is 19.7 Å². The first kappa shape index (κ1) is 26.6. The number of benzene rings is 2. The Morgan fingerprint density at radius 3 is 2.44 bits per heavy atom. The molecule has 0 saturated carbocycles. The zero-order valence-corrected chi connectivity index (χ0v) is 20.2. The third-order valence-corrected chi connectivity index (χ3v) is 5.26. The molecule has 34 heavy (non-hydrogen) atoms. The average Bonchev–Trinajstić information content (AvgIpc) is 2.83. The predicted molar refractivity (Wildman–Crippen MR) is 129 cm³/mol. The van der Waals surface area contributed by atoms with Crippen molar-refractivity contribution in [2.24, 2.45) is 5.92 Å². The molecule has 9 heteroatoms. The SMILES string of the molecule is CC[C@H](C(=O)NCC(C)C)N(CCc1ccccc1)C(=O)COc1ccc([N+](=O)[O-])c(OC)c1. The summed E-state index contributed by atoms with van der Waals surface area (Å²) in [6, 6.07) is 13.1. The predicted octanol–water partition coefficient (Wildman–Crippen LogP) is 3.60. The van der Waals surface area contributed by atoms with Gasteiger partial charge in [-0.1, -0.05) is 51.1 Å². The Balaban J connectivity index is 2.16. The summed E-state index contributed by atoms with van der Waals surface area (Å²) in [6.45, 7) is 6.43. The van der Waals surface area contributed by atoms with E-state index >= 15 is 0 Å². The number of nitro groups is 1. The van der Waals surface area contributed by atoms with Crippen molar-refractivity contribution in [1.82, 2.24) is 10.2 Å². The van der Waals surface area contributed by atoms with Crippen LogP contribution in [-0.4, -0.2) is 54.5 Å². The van der Waals surface area contributed by atoms with Gasteiger partial charge in [-0.2, -0.15) is 0 Å². The maximum Gasteiger partial charge on any atom is 0.311 e. The number of carbonyl (C=O) groups excluding carboxylic acids is 2. The highest BCUT2D eigenvalue weighted by Crippen LogP contribution is 2.30. The average molecular weight is 472 g/mol. The van der Waals surface area contributed by atoms with Crippen LogP contribution in [0.3, 0.4) is 0 Å². The van der Waals surface area contributed by atoms with Crippen molar-refractivity contribution in [2.75, 3.05) is 26.8 Å². The van der Waals surface area contributed by atoms with Crippen molar-refractivity contribution in [3.8, 4) is 11.5 Å². The summed E-state index contributed by atoms with van der Waals surface area (Å²) < 4.78 is 10.7. The monoisotopic (exact) mass is 471 g/mol. The molecule has 0 unspecified atom stereocenters. The van der Waals surface area contributed by atoms with Crippen LogP contribution in [0.2, 0.25) is 0 Å². The minimum Gasteiger partial charge on any atom is -0.490 e. The summed E-state index contributed by atoms with van der Waals surface area (Å²) in [5.74, 6) is 0.0382. The fourth-order valence-electron chi connectivity index (χ4n) is 3.44. The summed E-state index contributed by atoms with van der Waals surface area (Å²) in [4.78, 5) is 38.1. The molecular weight excluding hydrogens is 438 g/mol. The van der Waals surface area contributed by atoms with Gasteiger partial charge in [-0.3, -0.25) is 19.7 Å². The first-order chi connectivity index (χ1) is 16.3. The molecule has 0 fully saturated rings. The minimum atomic E-state index is -0.634. The summed E-state index contributed by atoms with van der Waals surface area (Å²) in [6.07, 6.45) is 1.04. The summed E-state index contributed by atoms with van der Waals surface area (Å²) in [5.41, 5.74) is 0.859. The second-order valence-electron chi connectivity index (χ2n) is 8.27. The van der Waals surface area contributed by atoms with Gasteiger partial charge >= 0.3 is 5.69 Å². The molecule has 0 radical (unpaired) electrons. The van der Waals surface area contributed by atoms with Crippen LogP contribution in [0.15, 0.2) is 48.5 Å². The van der Waals surface area contributed by atoms with Crippen molar-refractivity contribution in [3.05, 3.63) is 64.2 Å². The number of carbonyl (C=O) groups is 2. The van der Waals surface area contributed by atoms with E-state index in [1.807, 2.05) is 51.1 Å². The maximum absolute atomic E-state index is 13.2. The van der Waals surface area contributed by atoms with Gasteiger partial charge in [0.1, 0.15) is 11.8 Å². The molecule has 0 saturated heterocycles. The maximum atomic E-state index is 13.2. The second kappa shape index (κ2) is 13.2. The summed E-state index contributed by atoms with van der Waals surface area (Å²) >= 11 is 0. The second-order valence-corrected chi connectivity index (χ2v) is 8.27. The number of ether oxygens (including phenoxy) is 2. The number of hydrogen-bond acceptors (Lipinski definition) is 6. The van der Waals surface area contributed by atoms with Crippen LogP contribution in [0.4, 0.5) is 5.69 Å². The van der Waals surface area contributed by atoms with E-state index in [-0.39, 0.29) is 41.5 Å². The molecule has 1 atom stereocenters. The van der Waals surface area contributed by atoms with Crippen LogP contribution in [0.5, 0.6) is 11.5 Å². The van der Waals surface area contributed by atoms with Gasteiger partial charge in [0.05, 0.1) is 12.0 Å². The smallest absolute Gasteiger partial charge is 0.311 e. The van der Waals surface area contributed by atoms with Gasteiger partial charge in [-0.15, -0.1) is 0 Å². The number of methoxy groups -OCH3 is 1. The van der Waals surface area contributed by atoms with E-state index in [0.29, 0.717) is 25.9 Å². The van der Waals surface area contributed by atoms with Crippen molar-refractivity contribution >= 4 is 17.5 Å². The van der Waals surface area contributed by atoms with Crippen molar-refractivity contribution in [3.63, 3.8) is 0 Å². The Bertz CT molecular complexity index is 964. The third kappa shape index (κ3) is 7.75. The highest BCUT2D eigenvalue weighted by Gasteiger charge is 2.28. The van der Waals surface area contributed by atoms with E-state index in [4.69, 9.17) is 9.47 Å². The Morgan fingerprint density at radius 2 is 1.85 bits per heavy atom. The number of amides is 2. The molecule has 184 valence electrons. The Morgan fingerprint density at radius 1 is 1.15 bits per heavy atom. The zero-order valence-electron chi connectivity index (χ0n) is 20.2. The Kier molecular flexibility index (Phi) is 10.3. The van der Waals surface area contributed by atoms with E-state index in [1.54, 1.807) is 4.90 Å². The molecule has 2 amide bonds. The lowest BCUT2D eigenvalue weighted by atomic mass is 10.1. The minimum absolute atomic E-state index is 0.0374. The molecular formula is C25H33N3O6. The number of nitrogens with one attached hydrogen (secondary N) is 1. The lowest BCUT2D eigenvalue weighted by Gasteiger charge is -2.30. The van der Waals surface area contributed by atoms with Crippen molar-refractivity contribution in [1.29, 1.82) is 0 Å². The largest absolute Gasteiger partial charge is 0.490 e. The molecule has 0 aromatic heterocycles. The molecule has 2 aromatic rings. The first-order valence-electron chi connectivity index (χ1n) is 11.3. The standard InChI is InChI=1S/C25H33N3O6/c1-5-21(25(30)26-16-18(2)3)27(14-13-19-9-7-6-8-10-19)24(29)17-34-20-11-12-22(28(31)32)23(15-20)33-4/h6-12,15,18,21H,5,13-14,16-17H2,1-4H3,(H,26,30)/t21-/m1/s1. The highest BCUT2D eigenvalue weighted by atomic mass is 16.6. The molecule has 0 aliphatic rings. The van der Waals surface area contributed by atoms with Gasteiger partial charge in [0.15, 0.2) is 6.61 Å². The van der Waals surface area contributed by atoms with Crippen LogP contribution < -0.4 is 14.8 Å². The van der Waals surface area contributed by atoms with Crippen molar-refractivity contribution in [2.45, 2.75) is 39.7 Å². The fraction of sp³-hybridized carbons (Fsp3) is 0.440. The van der Waals surface area contributed by atoms with E-state index in [9.17, 15) is 19.7 Å². The van der Waals surface area contributed by atoms with E-state index in [2.05, 4.69) is 5.32 Å². The summed E-state index contributed by atoms with van der Waals surface area (Å²) in [7, 11) is 1.32. The van der Waals surface area contributed by atoms with Crippen molar-refractivity contribution < 1.29 is 24.0 Å². The lowest BCUT2D eigenvalue weighted by molar-refractivity contribution is -0.385. The molecule has 1 N–H and O–H groups in total. The molecule has 0 aliphatic heterocycles. The van der Waals surface area contributed by atoms with Crippen LogP contribution in [0.25, 0.3) is 0 Å². The van der Waals surface area contributed by atoms with Crippen LogP contribution >= 0.6 is 0 Å². The number of rotatable bonds is 13. The molecule has 2 aromatic carbocycles. The van der Waals surface area contributed by atoms with Gasteiger partial charge in [0.25, 0.3) is 5.91 Å². The molecule has 0 spiro atoms. The van der Waals surface area contributed by atoms with Gasteiger partial charge in [0, 0.05) is 25.2 Å². The highest BCUT2D eigenvalue weighted by molar-refractivity contribution is 5.88. The number of nitro benzene ring substituents is 1. The van der Waals surface area contributed by atoms with Gasteiger partial charge in [-0.05, 0) is 30.4 Å². The topological polar surface area (TPSA) is 111 Å². The third-order valence-electron chi connectivity index (χ3n) is 5.26. The van der Waals surface area contributed by atoms with E-state index < -0.39 is 11.0 Å². The first-order valence-corrected chi connectivity index (χ1v) is 11.3. The molecule has 0 bridgehead atoms. The Hall–Kier alpha value is -3.62. The normalized spacial score (nSPS) is 11.6. The van der Waals surface area contributed by atoms with Crippen LogP contribution in [0, 0.1) is 16.0 Å². The molecule has 0 aliphatic carbocycles. The molecule has 0 heterocycles. The van der Waals surface area contributed by atoms with Crippen LogP contribution in [0.1, 0.15) is 32.8 Å². The van der Waals surface area contributed by atoms with Gasteiger partial charge in [0.2, 0.25) is 11.7 Å². The lowest BCUT2D eigenvalue weighted by Crippen LogP contribution is -2.51. The fourth-order valence-corrected chi connectivity index (χ4v) is 3.44. The Labute approximate surface area is 200 Å². The number of hydrogen-bond donors (Lipinski definition) is 1. The van der Waals surface area contributed by atoms with Crippen LogP contribution in [-0.2, 0) is 16.0 Å². The number of nitrogens with zero attached hydrogens (tertiary/aromatic N) is 2. The molecule has 2 rings (SSSR count). The van der Waals surface area contributed by atoms with E-state index in [0.717, 1.165) is 5.56 Å². The van der Waals surface area contributed by atoms with Gasteiger partial charge in [-0.25, -0.2) is 0 Å². The zero-order chi connectivity index (χ0) is 25.1. The molecule has 9 nitrogen and oxygen atoms in total. The summed E-state index contributed by atoms with van der Waals surface area (Å²) in [5, 5.41) is 14.0. The van der Waals surface area contributed by atoms with E-state index in [1.165, 1.54) is 25.3 Å². The quantitative estimate of drug-likeness (QED) is 0.353.